The number of rotatable bonds is 7. The van der Waals surface area contributed by atoms with E-state index in [0.29, 0.717) is 18.4 Å². The van der Waals surface area contributed by atoms with Gasteiger partial charge in [0, 0.05) is 11.5 Å². The molecule has 1 aromatic heterocycles. The molecule has 1 heterocycles. The fourth-order valence-electron chi connectivity index (χ4n) is 1.93. The maximum atomic E-state index is 5.76. The van der Waals surface area contributed by atoms with Gasteiger partial charge in [0.05, 0.1) is 6.54 Å². The average Bonchev–Trinajstić information content (AvgIpc) is 2.74. The molecule has 104 valence electrons. The van der Waals surface area contributed by atoms with Gasteiger partial charge in [0.15, 0.2) is 0 Å². The van der Waals surface area contributed by atoms with Crippen LogP contribution < -0.4 is 5.32 Å². The standard InChI is InChI=1S/C14H27N3O/c1-6-8-11(9-7-2)13-17-16-12(18-13)10-15-14(3,4)5/h11,15H,6-10H2,1-5H3. The second kappa shape index (κ2) is 6.88. The third-order valence-corrected chi connectivity index (χ3v) is 2.88. The van der Waals surface area contributed by atoms with Crippen LogP contribution in [0.3, 0.4) is 0 Å². The molecule has 0 fully saturated rings. The highest BCUT2D eigenvalue weighted by molar-refractivity contribution is 4.91. The lowest BCUT2D eigenvalue weighted by Crippen LogP contribution is -2.35. The summed E-state index contributed by atoms with van der Waals surface area (Å²) in [5, 5.41) is 11.7. The number of nitrogens with zero attached hydrogens (tertiary/aromatic N) is 2. The van der Waals surface area contributed by atoms with E-state index in [1.54, 1.807) is 0 Å². The molecule has 0 bridgehead atoms. The first-order valence-corrected chi connectivity index (χ1v) is 7.03. The predicted octanol–water partition coefficient (Wildman–Crippen LogP) is 3.64. The molecule has 18 heavy (non-hydrogen) atoms. The Balaban J connectivity index is 2.60. The van der Waals surface area contributed by atoms with E-state index in [9.17, 15) is 0 Å². The number of aromatic nitrogens is 2. The van der Waals surface area contributed by atoms with Crippen molar-refractivity contribution in [2.24, 2.45) is 0 Å². The van der Waals surface area contributed by atoms with Gasteiger partial charge in [0.25, 0.3) is 0 Å². The Labute approximate surface area is 111 Å². The molecule has 0 aliphatic rings. The molecule has 4 heteroatoms. The van der Waals surface area contributed by atoms with Crippen molar-refractivity contribution in [3.63, 3.8) is 0 Å². The van der Waals surface area contributed by atoms with Gasteiger partial charge in [-0.15, -0.1) is 10.2 Å². The zero-order valence-corrected chi connectivity index (χ0v) is 12.4. The topological polar surface area (TPSA) is 51.0 Å². The van der Waals surface area contributed by atoms with E-state index in [2.05, 4.69) is 50.1 Å². The van der Waals surface area contributed by atoms with E-state index >= 15 is 0 Å². The molecule has 0 amide bonds. The number of nitrogens with one attached hydrogen (secondary N) is 1. The fourth-order valence-corrected chi connectivity index (χ4v) is 1.93. The van der Waals surface area contributed by atoms with Crippen LogP contribution in [-0.2, 0) is 6.54 Å². The SMILES string of the molecule is CCCC(CCC)c1nnc(CNC(C)(C)C)o1. The van der Waals surface area contributed by atoms with Crippen molar-refractivity contribution in [3.8, 4) is 0 Å². The molecule has 1 N–H and O–H groups in total. The molecule has 0 atom stereocenters. The van der Waals surface area contributed by atoms with Crippen molar-refractivity contribution in [2.75, 3.05) is 0 Å². The van der Waals surface area contributed by atoms with Gasteiger partial charge in [0.2, 0.25) is 11.8 Å². The van der Waals surface area contributed by atoms with Gasteiger partial charge in [0.1, 0.15) is 0 Å². The van der Waals surface area contributed by atoms with Crippen molar-refractivity contribution in [1.82, 2.24) is 15.5 Å². The summed E-state index contributed by atoms with van der Waals surface area (Å²) < 4.78 is 5.76. The predicted molar refractivity (Wildman–Crippen MR) is 73.4 cm³/mol. The molecule has 0 aliphatic carbocycles. The zero-order chi connectivity index (χ0) is 13.6. The summed E-state index contributed by atoms with van der Waals surface area (Å²) in [6.07, 6.45) is 4.57. The van der Waals surface area contributed by atoms with Gasteiger partial charge < -0.3 is 9.73 Å². The Morgan fingerprint density at radius 2 is 1.72 bits per heavy atom. The maximum absolute atomic E-state index is 5.76. The van der Waals surface area contributed by atoms with Gasteiger partial charge in [-0.3, -0.25) is 0 Å². The van der Waals surface area contributed by atoms with Crippen LogP contribution in [0.2, 0.25) is 0 Å². The highest BCUT2D eigenvalue weighted by Crippen LogP contribution is 2.25. The summed E-state index contributed by atoms with van der Waals surface area (Å²) >= 11 is 0. The first-order valence-electron chi connectivity index (χ1n) is 7.03. The minimum Gasteiger partial charge on any atom is -0.424 e. The molecule has 1 rings (SSSR count). The van der Waals surface area contributed by atoms with Gasteiger partial charge in [-0.1, -0.05) is 26.7 Å². The zero-order valence-electron chi connectivity index (χ0n) is 12.4. The molecule has 1 aromatic rings. The Morgan fingerprint density at radius 3 is 2.22 bits per heavy atom. The van der Waals surface area contributed by atoms with Crippen molar-refractivity contribution >= 4 is 0 Å². The van der Waals surface area contributed by atoms with E-state index in [1.807, 2.05) is 0 Å². The van der Waals surface area contributed by atoms with Crippen molar-refractivity contribution in [2.45, 2.75) is 78.3 Å². The van der Waals surface area contributed by atoms with Gasteiger partial charge in [-0.25, -0.2) is 0 Å². The molecule has 0 radical (unpaired) electrons. The minimum absolute atomic E-state index is 0.0703. The normalized spacial score (nSPS) is 12.3. The van der Waals surface area contributed by atoms with Crippen molar-refractivity contribution in [1.29, 1.82) is 0 Å². The van der Waals surface area contributed by atoms with Crippen LogP contribution in [0.15, 0.2) is 4.42 Å². The third kappa shape index (κ3) is 5.17. The van der Waals surface area contributed by atoms with E-state index < -0.39 is 0 Å². The summed E-state index contributed by atoms with van der Waals surface area (Å²) in [4.78, 5) is 0. The van der Waals surface area contributed by atoms with Crippen LogP contribution in [0, 0.1) is 0 Å². The Bertz CT molecular complexity index is 335. The lowest BCUT2D eigenvalue weighted by molar-refractivity contribution is 0.351. The van der Waals surface area contributed by atoms with Gasteiger partial charge in [-0.05, 0) is 33.6 Å². The van der Waals surface area contributed by atoms with Crippen molar-refractivity contribution in [3.05, 3.63) is 11.8 Å². The van der Waals surface area contributed by atoms with Crippen LogP contribution in [-0.4, -0.2) is 15.7 Å². The number of hydrogen-bond acceptors (Lipinski definition) is 4. The molecule has 0 aliphatic heterocycles. The first-order chi connectivity index (χ1) is 8.46. The molecule has 0 aromatic carbocycles. The Kier molecular flexibility index (Phi) is 5.79. The second-order valence-electron chi connectivity index (χ2n) is 5.91. The van der Waals surface area contributed by atoms with Crippen LogP contribution in [0.25, 0.3) is 0 Å². The first kappa shape index (κ1) is 15.2. The van der Waals surface area contributed by atoms with Crippen LogP contribution in [0.5, 0.6) is 0 Å². The number of hydrogen-bond donors (Lipinski definition) is 1. The molecule has 0 unspecified atom stereocenters. The van der Waals surface area contributed by atoms with E-state index in [-0.39, 0.29) is 5.54 Å². The third-order valence-electron chi connectivity index (χ3n) is 2.88. The highest BCUT2D eigenvalue weighted by Gasteiger charge is 2.18. The minimum atomic E-state index is 0.0703. The molecular weight excluding hydrogens is 226 g/mol. The van der Waals surface area contributed by atoms with E-state index in [1.165, 1.54) is 0 Å². The lowest BCUT2D eigenvalue weighted by Gasteiger charge is -2.18. The van der Waals surface area contributed by atoms with Crippen LogP contribution in [0.4, 0.5) is 0 Å². The molecule has 0 saturated heterocycles. The summed E-state index contributed by atoms with van der Waals surface area (Å²) in [6.45, 7) is 11.4. The van der Waals surface area contributed by atoms with Gasteiger partial charge in [-0.2, -0.15) is 0 Å². The summed E-state index contributed by atoms with van der Waals surface area (Å²) in [5.41, 5.74) is 0.0703. The summed E-state index contributed by atoms with van der Waals surface area (Å²) in [7, 11) is 0. The molecule has 4 nitrogen and oxygen atoms in total. The summed E-state index contributed by atoms with van der Waals surface area (Å²) in [5.74, 6) is 1.93. The second-order valence-corrected chi connectivity index (χ2v) is 5.91. The quantitative estimate of drug-likeness (QED) is 0.806. The smallest absolute Gasteiger partial charge is 0.230 e. The van der Waals surface area contributed by atoms with Crippen LogP contribution >= 0.6 is 0 Å². The summed E-state index contributed by atoms with van der Waals surface area (Å²) in [6, 6.07) is 0. The van der Waals surface area contributed by atoms with Crippen molar-refractivity contribution < 1.29 is 4.42 Å². The molecule has 0 saturated carbocycles. The lowest BCUT2D eigenvalue weighted by atomic mass is 9.98. The largest absolute Gasteiger partial charge is 0.424 e. The monoisotopic (exact) mass is 253 g/mol. The highest BCUT2D eigenvalue weighted by atomic mass is 16.4. The molecule has 0 spiro atoms. The van der Waals surface area contributed by atoms with Gasteiger partial charge >= 0.3 is 0 Å². The fraction of sp³-hybridized carbons (Fsp3) is 0.857. The van der Waals surface area contributed by atoms with Crippen LogP contribution in [0.1, 0.15) is 78.0 Å². The Morgan fingerprint density at radius 1 is 1.11 bits per heavy atom. The van der Waals surface area contributed by atoms with E-state index in [4.69, 9.17) is 4.42 Å². The van der Waals surface area contributed by atoms with E-state index in [0.717, 1.165) is 31.6 Å². The average molecular weight is 253 g/mol. The maximum Gasteiger partial charge on any atom is 0.230 e. The Hall–Kier alpha value is -0.900. The molecular formula is C14H27N3O.